The highest BCUT2D eigenvalue weighted by molar-refractivity contribution is 7.99. The van der Waals surface area contributed by atoms with Crippen molar-refractivity contribution in [3.63, 3.8) is 0 Å². The third-order valence-electron chi connectivity index (χ3n) is 5.41. The maximum atomic E-state index is 12.4. The summed E-state index contributed by atoms with van der Waals surface area (Å²) >= 11 is 1.48. The molecule has 0 radical (unpaired) electrons. The van der Waals surface area contributed by atoms with Gasteiger partial charge in [-0.1, -0.05) is 44.9 Å². The molecule has 2 rings (SSSR count). The van der Waals surface area contributed by atoms with Gasteiger partial charge < -0.3 is 9.88 Å². The number of carbonyl (C=O) groups is 1. The minimum absolute atomic E-state index is 0.0557. The first-order valence-corrected chi connectivity index (χ1v) is 10.2. The molecule has 1 amide bonds. The maximum Gasteiger partial charge on any atom is 0.231 e. The Morgan fingerprint density at radius 1 is 1.40 bits per heavy atom. The molecule has 5 nitrogen and oxygen atoms in total. The highest BCUT2D eigenvalue weighted by atomic mass is 32.2. The lowest BCUT2D eigenvalue weighted by molar-refractivity contribution is -0.120. The van der Waals surface area contributed by atoms with Gasteiger partial charge in [-0.2, -0.15) is 5.26 Å². The third kappa shape index (κ3) is 4.58. The molecular weight excluding hydrogens is 332 g/mol. The summed E-state index contributed by atoms with van der Waals surface area (Å²) in [5.41, 5.74) is 1.42. The molecule has 1 unspecified atom stereocenters. The zero-order valence-electron chi connectivity index (χ0n) is 16.1. The largest absolute Gasteiger partial charge is 0.337 e. The van der Waals surface area contributed by atoms with Crippen molar-refractivity contribution < 1.29 is 4.79 Å². The zero-order valence-corrected chi connectivity index (χ0v) is 16.9. The Hall–Kier alpha value is -1.48. The number of carbonyl (C=O) groups excluding carboxylic acids is 1. The highest BCUT2D eigenvalue weighted by Crippen LogP contribution is 2.34. The van der Waals surface area contributed by atoms with Gasteiger partial charge >= 0.3 is 0 Å². The average molecular weight is 363 g/mol. The van der Waals surface area contributed by atoms with Crippen LogP contribution in [0.4, 0.5) is 0 Å². The Morgan fingerprint density at radius 3 is 2.60 bits per heavy atom. The van der Waals surface area contributed by atoms with Crippen molar-refractivity contribution in [3.05, 3.63) is 11.4 Å². The van der Waals surface area contributed by atoms with Crippen molar-refractivity contribution in [1.82, 2.24) is 14.9 Å². The van der Waals surface area contributed by atoms with E-state index in [4.69, 9.17) is 0 Å². The molecule has 1 N–H and O–H groups in total. The van der Waals surface area contributed by atoms with Gasteiger partial charge in [-0.3, -0.25) is 4.79 Å². The predicted molar refractivity (Wildman–Crippen MR) is 102 cm³/mol. The van der Waals surface area contributed by atoms with Crippen LogP contribution in [0.25, 0.3) is 0 Å². The lowest BCUT2D eigenvalue weighted by Gasteiger charge is -2.27. The van der Waals surface area contributed by atoms with Crippen molar-refractivity contribution in [1.29, 1.82) is 5.26 Å². The van der Waals surface area contributed by atoms with Crippen molar-refractivity contribution in [2.75, 3.05) is 5.75 Å². The van der Waals surface area contributed by atoms with Gasteiger partial charge in [0.05, 0.1) is 17.5 Å². The molecule has 1 saturated carbocycles. The van der Waals surface area contributed by atoms with E-state index in [-0.39, 0.29) is 17.6 Å². The average Bonchev–Trinajstić information content (AvgIpc) is 2.88. The molecule has 25 heavy (non-hydrogen) atoms. The summed E-state index contributed by atoms with van der Waals surface area (Å²) in [5.74, 6) is 0.225. The summed E-state index contributed by atoms with van der Waals surface area (Å²) in [4.78, 5) is 17.0. The van der Waals surface area contributed by atoms with Crippen LogP contribution >= 0.6 is 11.8 Å². The molecule has 0 saturated heterocycles. The first-order chi connectivity index (χ1) is 11.8. The number of nitrogens with zero attached hydrogens (tertiary/aromatic N) is 3. The van der Waals surface area contributed by atoms with E-state index >= 15 is 0 Å². The smallest absolute Gasteiger partial charge is 0.231 e. The lowest BCUT2D eigenvalue weighted by Crippen LogP contribution is -2.49. The number of imidazole rings is 1. The zero-order chi connectivity index (χ0) is 18.6. The fourth-order valence-electron chi connectivity index (χ4n) is 3.22. The van der Waals surface area contributed by atoms with E-state index in [1.165, 1.54) is 49.6 Å². The van der Waals surface area contributed by atoms with E-state index in [0.717, 1.165) is 10.9 Å². The second-order valence-electron chi connectivity index (χ2n) is 7.53. The SMILES string of the molecule is Cc1nc(SCC(=O)NC(C)(C#N)C(C)C)n(C2CCCCC2)c1C. The van der Waals surface area contributed by atoms with E-state index in [1.54, 1.807) is 6.92 Å². The van der Waals surface area contributed by atoms with E-state index in [2.05, 4.69) is 27.9 Å². The quantitative estimate of drug-likeness (QED) is 0.772. The summed E-state index contributed by atoms with van der Waals surface area (Å²) in [6.45, 7) is 9.81. The Morgan fingerprint density at radius 2 is 2.04 bits per heavy atom. The van der Waals surface area contributed by atoms with E-state index in [1.807, 2.05) is 20.8 Å². The Labute approximate surface area is 155 Å². The van der Waals surface area contributed by atoms with Crippen LogP contribution in [0.3, 0.4) is 0 Å². The maximum absolute atomic E-state index is 12.4. The monoisotopic (exact) mass is 362 g/mol. The first-order valence-electron chi connectivity index (χ1n) is 9.19. The number of nitrogens with one attached hydrogen (secondary N) is 1. The van der Waals surface area contributed by atoms with E-state index in [0.29, 0.717) is 6.04 Å². The fraction of sp³-hybridized carbons (Fsp3) is 0.737. The van der Waals surface area contributed by atoms with Crippen molar-refractivity contribution in [3.8, 4) is 6.07 Å². The summed E-state index contributed by atoms with van der Waals surface area (Å²) in [7, 11) is 0. The fourth-order valence-corrected chi connectivity index (χ4v) is 4.18. The van der Waals surface area contributed by atoms with Crippen LogP contribution in [0.1, 0.15) is 70.3 Å². The molecule has 1 aliphatic carbocycles. The predicted octanol–water partition coefficient (Wildman–Crippen LogP) is 4.15. The summed E-state index contributed by atoms with van der Waals surface area (Å²) < 4.78 is 2.33. The molecule has 1 aromatic heterocycles. The topological polar surface area (TPSA) is 70.7 Å². The third-order valence-corrected chi connectivity index (χ3v) is 6.37. The molecule has 0 spiro atoms. The molecule has 6 heteroatoms. The van der Waals surface area contributed by atoms with Crippen LogP contribution in [-0.2, 0) is 4.79 Å². The number of thioether (sulfide) groups is 1. The molecule has 0 aromatic carbocycles. The number of rotatable bonds is 6. The van der Waals surface area contributed by atoms with Crippen molar-refractivity contribution in [2.24, 2.45) is 5.92 Å². The van der Waals surface area contributed by atoms with Crippen molar-refractivity contribution >= 4 is 17.7 Å². The minimum atomic E-state index is -0.831. The van der Waals surface area contributed by atoms with Crippen LogP contribution in [0.5, 0.6) is 0 Å². The van der Waals surface area contributed by atoms with Crippen LogP contribution in [0.2, 0.25) is 0 Å². The number of amides is 1. The van der Waals surface area contributed by atoms with Crippen LogP contribution in [0.15, 0.2) is 5.16 Å². The van der Waals surface area contributed by atoms with Crippen molar-refractivity contribution in [2.45, 2.75) is 83.5 Å². The van der Waals surface area contributed by atoms with Crippen LogP contribution in [-0.4, -0.2) is 26.8 Å². The van der Waals surface area contributed by atoms with Gasteiger partial charge in [0, 0.05) is 11.7 Å². The second kappa shape index (κ2) is 8.27. The first kappa shape index (κ1) is 19.8. The van der Waals surface area contributed by atoms with Gasteiger partial charge in [-0.15, -0.1) is 0 Å². The van der Waals surface area contributed by atoms with E-state index in [9.17, 15) is 10.1 Å². The Balaban J connectivity index is 2.07. The Bertz CT molecular complexity index is 655. The van der Waals surface area contributed by atoms with Gasteiger partial charge in [0.2, 0.25) is 5.91 Å². The molecule has 1 atom stereocenters. The number of hydrogen-bond acceptors (Lipinski definition) is 4. The number of aryl methyl sites for hydroxylation is 1. The molecule has 138 valence electrons. The second-order valence-corrected chi connectivity index (χ2v) is 8.48. The molecule has 0 bridgehead atoms. The minimum Gasteiger partial charge on any atom is -0.337 e. The van der Waals surface area contributed by atoms with Gasteiger partial charge in [-0.25, -0.2) is 4.98 Å². The van der Waals surface area contributed by atoms with Gasteiger partial charge in [0.1, 0.15) is 5.54 Å². The van der Waals surface area contributed by atoms with Gasteiger partial charge in [-0.05, 0) is 39.5 Å². The van der Waals surface area contributed by atoms with Crippen LogP contribution < -0.4 is 5.32 Å². The summed E-state index contributed by atoms with van der Waals surface area (Å²) in [6.07, 6.45) is 6.23. The molecule has 1 aliphatic rings. The van der Waals surface area contributed by atoms with Gasteiger partial charge in [0.15, 0.2) is 5.16 Å². The Kier molecular flexibility index (Phi) is 6.56. The molecular formula is C19H30N4OS. The summed E-state index contributed by atoms with van der Waals surface area (Å²) in [6, 6.07) is 2.72. The molecule has 1 aromatic rings. The molecule has 0 aliphatic heterocycles. The molecule has 1 heterocycles. The van der Waals surface area contributed by atoms with E-state index < -0.39 is 5.54 Å². The van der Waals surface area contributed by atoms with Gasteiger partial charge in [0.25, 0.3) is 0 Å². The normalized spacial score (nSPS) is 18.0. The number of nitriles is 1. The standard InChI is InChI=1S/C19H30N4OS/c1-13(2)19(5,12-20)22-17(24)11-25-18-21-14(3)15(4)23(18)16-9-7-6-8-10-16/h13,16H,6-11H2,1-5H3,(H,22,24). The highest BCUT2D eigenvalue weighted by Gasteiger charge is 2.30. The lowest BCUT2D eigenvalue weighted by atomic mass is 9.90. The van der Waals surface area contributed by atoms with Crippen LogP contribution in [0, 0.1) is 31.1 Å². The number of hydrogen-bond donors (Lipinski definition) is 1. The summed E-state index contributed by atoms with van der Waals surface area (Å²) in [5, 5.41) is 13.2. The molecule has 1 fully saturated rings. The number of aromatic nitrogens is 2.